The van der Waals surface area contributed by atoms with E-state index in [9.17, 15) is 28.0 Å². The number of fused-ring (bicyclic) bond motifs is 5. The Hall–Kier alpha value is -4.49. The number of amides is 2. The first-order valence-corrected chi connectivity index (χ1v) is 14.0. The van der Waals surface area contributed by atoms with E-state index in [1.807, 2.05) is 6.92 Å². The number of hydrogen-bond donors (Lipinski definition) is 1. The molecule has 0 saturated carbocycles. The highest BCUT2D eigenvalue weighted by molar-refractivity contribution is 5.99. The van der Waals surface area contributed by atoms with Crippen molar-refractivity contribution in [3.63, 3.8) is 0 Å². The minimum Gasteiger partial charge on any atom is -0.482 e. The summed E-state index contributed by atoms with van der Waals surface area (Å²) >= 11 is 0. The number of carbonyl (C=O) groups is 3. The lowest BCUT2D eigenvalue weighted by molar-refractivity contribution is -0.150. The fourth-order valence-corrected chi connectivity index (χ4v) is 5.68. The van der Waals surface area contributed by atoms with Gasteiger partial charge in [-0.3, -0.25) is 19.2 Å². The van der Waals surface area contributed by atoms with E-state index < -0.39 is 64.6 Å². The number of oxime groups is 1. The predicted octanol–water partition coefficient (Wildman–Crippen LogP) is 3.28. The van der Waals surface area contributed by atoms with Gasteiger partial charge >= 0.3 is 5.97 Å². The Labute approximate surface area is 247 Å². The van der Waals surface area contributed by atoms with Gasteiger partial charge in [0.25, 0.3) is 11.8 Å². The number of benzene rings is 1. The molecule has 2 amide bonds. The number of halogens is 2. The van der Waals surface area contributed by atoms with Crippen LogP contribution in [0.4, 0.5) is 8.78 Å². The second kappa shape index (κ2) is 12.0. The summed E-state index contributed by atoms with van der Waals surface area (Å²) in [6.07, 6.45) is 3.24. The van der Waals surface area contributed by atoms with Crippen molar-refractivity contribution in [2.75, 3.05) is 20.4 Å². The molecule has 1 aromatic carbocycles. The molecule has 2 bridgehead atoms. The number of nitrogens with zero attached hydrogens (tertiary/aromatic N) is 3. The molecule has 1 spiro atoms. The summed E-state index contributed by atoms with van der Waals surface area (Å²) < 4.78 is 45.1. The number of pyridine rings is 1. The third-order valence-corrected chi connectivity index (χ3v) is 8.08. The Morgan fingerprint density at radius 3 is 2.77 bits per heavy atom. The third-order valence-electron chi connectivity index (χ3n) is 8.08. The van der Waals surface area contributed by atoms with E-state index in [1.165, 1.54) is 23.9 Å². The fourth-order valence-electron chi connectivity index (χ4n) is 5.68. The Kier molecular flexibility index (Phi) is 8.38. The van der Waals surface area contributed by atoms with Gasteiger partial charge in [0.1, 0.15) is 17.2 Å². The van der Waals surface area contributed by atoms with E-state index in [0.717, 1.165) is 6.07 Å². The molecule has 43 heavy (non-hydrogen) atoms. The molecule has 3 aliphatic heterocycles. The van der Waals surface area contributed by atoms with Crippen molar-refractivity contribution in [2.24, 2.45) is 5.16 Å². The number of carbonyl (C=O) groups excluding carboxylic acids is 3. The monoisotopic (exact) mass is 604 g/mol. The summed E-state index contributed by atoms with van der Waals surface area (Å²) in [6, 6.07) is 2.07. The normalized spacial score (nSPS) is 22.3. The maximum atomic E-state index is 14.2. The van der Waals surface area contributed by atoms with Crippen molar-refractivity contribution in [1.29, 1.82) is 0 Å². The molecule has 1 aromatic heterocycles. The molecule has 1 fully saturated rings. The Balaban J connectivity index is 0.00000442. The maximum absolute atomic E-state index is 14.2. The van der Waals surface area contributed by atoms with E-state index in [0.29, 0.717) is 31.2 Å². The van der Waals surface area contributed by atoms with Crippen molar-refractivity contribution < 1.29 is 43.6 Å². The average Bonchev–Trinajstić information content (AvgIpc) is 3.35. The van der Waals surface area contributed by atoms with Crippen LogP contribution in [-0.4, -0.2) is 65.2 Å². The van der Waals surface area contributed by atoms with Crippen molar-refractivity contribution in [2.45, 2.75) is 70.2 Å². The Bertz CT molecular complexity index is 1550. The van der Waals surface area contributed by atoms with E-state index >= 15 is 0 Å². The highest BCUT2D eigenvalue weighted by atomic mass is 19.1. The molecular formula is C29H34F2N4O8. The van der Waals surface area contributed by atoms with Gasteiger partial charge in [-0.15, -0.1) is 0 Å². The van der Waals surface area contributed by atoms with E-state index in [4.69, 9.17) is 19.0 Å². The van der Waals surface area contributed by atoms with Gasteiger partial charge in [0.2, 0.25) is 23.9 Å². The molecule has 3 aliphatic rings. The predicted molar refractivity (Wildman–Crippen MR) is 148 cm³/mol. The van der Waals surface area contributed by atoms with Crippen LogP contribution in [-0.2, 0) is 25.7 Å². The SMILES string of the molecule is CCCC(=O)OCOc1c2n(cc(C(=O)NCc3ccc(F)cc3F)c1=O)[C@@H]1CN(C2=O)[C@@H](C)CC[C@]12CC(OC)=NO2.[HH]. The molecule has 14 heteroatoms. The average molecular weight is 605 g/mol. The molecule has 2 aromatic rings. The lowest BCUT2D eigenvalue weighted by atomic mass is 9.85. The number of hydrogen-bond acceptors (Lipinski definition) is 9. The maximum Gasteiger partial charge on any atom is 0.308 e. The van der Waals surface area contributed by atoms with Crippen LogP contribution in [0.2, 0.25) is 0 Å². The van der Waals surface area contributed by atoms with Gasteiger partial charge < -0.3 is 33.8 Å². The molecule has 232 valence electrons. The van der Waals surface area contributed by atoms with Crippen LogP contribution in [0.1, 0.15) is 79.8 Å². The minimum absolute atomic E-state index is 0. The summed E-state index contributed by atoms with van der Waals surface area (Å²) in [7, 11) is 1.47. The first-order valence-electron chi connectivity index (χ1n) is 14.0. The lowest BCUT2D eigenvalue weighted by Gasteiger charge is -2.42. The van der Waals surface area contributed by atoms with Gasteiger partial charge in [0.15, 0.2) is 11.3 Å². The van der Waals surface area contributed by atoms with Crippen LogP contribution in [0.3, 0.4) is 0 Å². The van der Waals surface area contributed by atoms with Crippen molar-refractivity contribution >= 4 is 23.7 Å². The van der Waals surface area contributed by atoms with Crippen molar-refractivity contribution in [3.8, 4) is 5.75 Å². The van der Waals surface area contributed by atoms with Gasteiger partial charge in [-0.25, -0.2) is 8.78 Å². The van der Waals surface area contributed by atoms with E-state index in [-0.39, 0.29) is 44.7 Å². The largest absolute Gasteiger partial charge is 0.482 e. The number of esters is 1. The number of aromatic nitrogens is 1. The zero-order valence-corrected chi connectivity index (χ0v) is 24.0. The smallest absolute Gasteiger partial charge is 0.308 e. The third kappa shape index (κ3) is 5.65. The van der Waals surface area contributed by atoms with Crippen LogP contribution < -0.4 is 15.5 Å². The molecule has 1 N–H and O–H groups in total. The highest BCUT2D eigenvalue weighted by Gasteiger charge is 2.54. The Morgan fingerprint density at radius 2 is 2.07 bits per heavy atom. The standard InChI is InChI=1S/C29H32F2N4O8.H2/c1-4-5-23(36)41-15-42-26-24-28(39)34-14-21(29(9-8-16(34)2)11-22(40-3)33-43-29)35(24)13-19(25(26)37)27(38)32-12-17-6-7-18(30)10-20(17)31;/h6-7,10,13,16,21H,4-5,8-9,11-12,14-15H2,1-3H3,(H,32,38);1H/t16-,21+,29-;/m0./s1. The van der Waals surface area contributed by atoms with Gasteiger partial charge in [0.05, 0.1) is 19.6 Å². The van der Waals surface area contributed by atoms with E-state index in [1.54, 1.807) is 11.8 Å². The number of methoxy groups -OCH3 is 1. The fraction of sp³-hybridized carbons (Fsp3) is 0.483. The Morgan fingerprint density at radius 1 is 1.28 bits per heavy atom. The second-order valence-electron chi connectivity index (χ2n) is 10.8. The van der Waals surface area contributed by atoms with E-state index in [2.05, 4.69) is 10.5 Å². The molecule has 0 aliphatic carbocycles. The van der Waals surface area contributed by atoms with Crippen LogP contribution in [0.5, 0.6) is 5.75 Å². The molecule has 3 atom stereocenters. The first-order chi connectivity index (χ1) is 20.6. The summed E-state index contributed by atoms with van der Waals surface area (Å²) in [5, 5.41) is 6.56. The highest BCUT2D eigenvalue weighted by Crippen LogP contribution is 2.46. The number of nitrogens with one attached hydrogen (secondary N) is 1. The zero-order chi connectivity index (χ0) is 30.9. The summed E-state index contributed by atoms with van der Waals surface area (Å²) in [5.41, 5.74) is -2.42. The molecule has 0 radical (unpaired) electrons. The molecular weight excluding hydrogens is 570 g/mol. The molecule has 5 rings (SSSR count). The zero-order valence-electron chi connectivity index (χ0n) is 24.0. The summed E-state index contributed by atoms with van der Waals surface area (Å²) in [6.45, 7) is 2.86. The molecule has 1 saturated heterocycles. The molecule has 12 nitrogen and oxygen atoms in total. The summed E-state index contributed by atoms with van der Waals surface area (Å²) in [4.78, 5) is 60.5. The molecule has 4 heterocycles. The number of rotatable bonds is 8. The van der Waals surface area contributed by atoms with Gasteiger partial charge in [-0.1, -0.05) is 18.1 Å². The van der Waals surface area contributed by atoms with Gasteiger partial charge in [-0.2, -0.15) is 0 Å². The minimum atomic E-state index is -0.964. The van der Waals surface area contributed by atoms with Gasteiger partial charge in [-0.05, 0) is 32.3 Å². The quantitative estimate of drug-likeness (QED) is 0.358. The van der Waals surface area contributed by atoms with Crippen LogP contribution in [0.15, 0.2) is 34.3 Å². The number of ether oxygens (including phenoxy) is 3. The first kappa shape index (κ1) is 30.0. The lowest BCUT2D eigenvalue weighted by Crippen LogP contribution is -2.52. The van der Waals surface area contributed by atoms with Crippen LogP contribution in [0.25, 0.3) is 0 Å². The van der Waals surface area contributed by atoms with Crippen LogP contribution in [0, 0.1) is 11.6 Å². The van der Waals surface area contributed by atoms with Gasteiger partial charge in [0, 0.05) is 44.8 Å². The summed E-state index contributed by atoms with van der Waals surface area (Å²) in [5.74, 6) is -3.71. The second-order valence-corrected chi connectivity index (χ2v) is 10.8. The topological polar surface area (TPSA) is 138 Å². The van der Waals surface area contributed by atoms with Crippen LogP contribution >= 0.6 is 0 Å². The van der Waals surface area contributed by atoms with Crippen molar-refractivity contribution in [1.82, 2.24) is 14.8 Å². The van der Waals surface area contributed by atoms with Crippen molar-refractivity contribution in [3.05, 3.63) is 63.1 Å². The molecule has 0 unspecified atom stereocenters.